The largest absolute Gasteiger partial charge is 0.355 e. The second-order valence-electron chi connectivity index (χ2n) is 7.11. The maximum Gasteiger partial charge on any atom is 0.254 e. The number of hydrogen-bond donors (Lipinski definition) is 1. The molecular weight excluding hydrogens is 404 g/mol. The van der Waals surface area contributed by atoms with Crippen LogP contribution in [-0.2, 0) is 11.2 Å². The fraction of sp³-hybridized carbons (Fsp3) is 0.217. The molecule has 2 heterocycles. The van der Waals surface area contributed by atoms with E-state index in [2.05, 4.69) is 5.32 Å². The molecule has 1 aliphatic rings. The first-order valence-corrected chi connectivity index (χ1v) is 10.7. The van der Waals surface area contributed by atoms with Gasteiger partial charge in [-0.05, 0) is 47.2 Å². The number of thiophene rings is 1. The molecule has 6 heteroatoms. The lowest BCUT2D eigenvalue weighted by Crippen LogP contribution is -2.45. The van der Waals surface area contributed by atoms with Crippen molar-refractivity contribution in [1.82, 2.24) is 10.2 Å². The van der Waals surface area contributed by atoms with Crippen molar-refractivity contribution in [3.05, 3.63) is 92.6 Å². The summed E-state index contributed by atoms with van der Waals surface area (Å²) in [6.45, 7) is 0.522. The minimum atomic E-state index is -0.447. The summed E-state index contributed by atoms with van der Waals surface area (Å²) in [6, 6.07) is 18.7. The minimum Gasteiger partial charge on any atom is -0.355 e. The van der Waals surface area contributed by atoms with Crippen molar-refractivity contribution in [2.75, 3.05) is 13.6 Å². The summed E-state index contributed by atoms with van der Waals surface area (Å²) >= 11 is 7.50. The summed E-state index contributed by atoms with van der Waals surface area (Å²) in [4.78, 5) is 28.9. The van der Waals surface area contributed by atoms with E-state index in [1.807, 2.05) is 60.0 Å². The van der Waals surface area contributed by atoms with Crippen LogP contribution in [0.25, 0.3) is 0 Å². The minimum absolute atomic E-state index is 0.0517. The highest BCUT2D eigenvalue weighted by Gasteiger charge is 2.42. The highest BCUT2D eigenvalue weighted by atomic mass is 35.5. The average Bonchev–Trinajstić information content (AvgIpc) is 3.26. The molecule has 0 aliphatic carbocycles. The number of hydrogen-bond acceptors (Lipinski definition) is 3. The summed E-state index contributed by atoms with van der Waals surface area (Å²) < 4.78 is 0. The van der Waals surface area contributed by atoms with Gasteiger partial charge in [-0.1, -0.05) is 48.0 Å². The van der Waals surface area contributed by atoms with Crippen LogP contribution in [0.3, 0.4) is 0 Å². The molecule has 0 radical (unpaired) electrons. The first kappa shape index (κ1) is 19.7. The monoisotopic (exact) mass is 424 g/mol. The van der Waals surface area contributed by atoms with Crippen LogP contribution in [-0.4, -0.2) is 30.3 Å². The predicted molar refractivity (Wildman–Crippen MR) is 117 cm³/mol. The molecule has 0 bridgehead atoms. The quantitative estimate of drug-likeness (QED) is 0.647. The summed E-state index contributed by atoms with van der Waals surface area (Å²) in [6.07, 6.45) is 0.718. The predicted octanol–water partition coefficient (Wildman–Crippen LogP) is 4.67. The fourth-order valence-electron chi connectivity index (χ4n) is 3.86. The third-order valence-corrected chi connectivity index (χ3v) is 6.52. The number of likely N-dealkylation sites (N-methyl/N-ethyl adjacent to an activating group) is 1. The third kappa shape index (κ3) is 3.93. The van der Waals surface area contributed by atoms with Crippen molar-refractivity contribution in [1.29, 1.82) is 0 Å². The summed E-state index contributed by atoms with van der Waals surface area (Å²) in [7, 11) is 1.77. The molecule has 2 amide bonds. The Morgan fingerprint density at radius 1 is 1.10 bits per heavy atom. The van der Waals surface area contributed by atoms with Crippen LogP contribution in [0.4, 0.5) is 0 Å². The van der Waals surface area contributed by atoms with E-state index in [0.29, 0.717) is 17.1 Å². The number of nitrogens with zero attached hydrogens (tertiary/aromatic N) is 1. The van der Waals surface area contributed by atoms with Crippen molar-refractivity contribution in [2.24, 2.45) is 0 Å². The lowest BCUT2D eigenvalue weighted by Gasteiger charge is -2.39. The Kier molecular flexibility index (Phi) is 5.69. The third-order valence-electron chi connectivity index (χ3n) is 5.32. The fourth-order valence-corrected chi connectivity index (χ4v) is 4.89. The van der Waals surface area contributed by atoms with Gasteiger partial charge in [0, 0.05) is 29.1 Å². The van der Waals surface area contributed by atoms with E-state index in [-0.39, 0.29) is 17.9 Å². The molecule has 1 N–H and O–H groups in total. The number of carbonyl (C=O) groups excluding carboxylic acids is 2. The molecule has 4 rings (SSSR count). The van der Waals surface area contributed by atoms with Crippen LogP contribution in [0.15, 0.2) is 66.0 Å². The molecule has 2 atom stereocenters. The standard InChI is InChI=1S/C23H21ClN2O2S/c1-26-21(19-7-4-14-29-19)20(17-5-2-3-6-18(17)23(26)28)22(27)25-13-12-15-8-10-16(24)11-9-15/h2-11,14,20-21H,12-13H2,1H3,(H,25,27). The number of halogens is 1. The SMILES string of the molecule is CN1C(=O)c2ccccc2C(C(=O)NCCc2ccc(Cl)cc2)C1c1cccs1. The number of amides is 2. The van der Waals surface area contributed by atoms with E-state index in [0.717, 1.165) is 22.4 Å². The van der Waals surface area contributed by atoms with Crippen molar-refractivity contribution < 1.29 is 9.59 Å². The molecule has 2 aromatic carbocycles. The molecule has 148 valence electrons. The van der Waals surface area contributed by atoms with Gasteiger partial charge in [0.1, 0.15) is 0 Å². The van der Waals surface area contributed by atoms with E-state index >= 15 is 0 Å². The Morgan fingerprint density at radius 2 is 1.86 bits per heavy atom. The van der Waals surface area contributed by atoms with Gasteiger partial charge in [0.15, 0.2) is 0 Å². The van der Waals surface area contributed by atoms with Gasteiger partial charge in [-0.2, -0.15) is 0 Å². The van der Waals surface area contributed by atoms with Gasteiger partial charge in [0.05, 0.1) is 12.0 Å². The van der Waals surface area contributed by atoms with Gasteiger partial charge in [0.25, 0.3) is 5.91 Å². The number of nitrogens with one attached hydrogen (secondary N) is 1. The molecule has 0 spiro atoms. The molecule has 4 nitrogen and oxygen atoms in total. The van der Waals surface area contributed by atoms with Crippen molar-refractivity contribution in [3.63, 3.8) is 0 Å². The van der Waals surface area contributed by atoms with Crippen molar-refractivity contribution in [2.45, 2.75) is 18.4 Å². The van der Waals surface area contributed by atoms with Gasteiger partial charge in [-0.15, -0.1) is 11.3 Å². The van der Waals surface area contributed by atoms with Crippen LogP contribution in [0.5, 0.6) is 0 Å². The Labute approximate surface area is 179 Å². The molecule has 0 fully saturated rings. The zero-order valence-electron chi connectivity index (χ0n) is 16.0. The van der Waals surface area contributed by atoms with Gasteiger partial charge in [0.2, 0.25) is 5.91 Å². The normalized spacial score (nSPS) is 18.4. The van der Waals surface area contributed by atoms with Crippen molar-refractivity contribution >= 4 is 34.8 Å². The second-order valence-corrected chi connectivity index (χ2v) is 8.52. The summed E-state index contributed by atoms with van der Waals surface area (Å²) in [5.41, 5.74) is 2.50. The number of fused-ring (bicyclic) bond motifs is 1. The van der Waals surface area contributed by atoms with Gasteiger partial charge >= 0.3 is 0 Å². The first-order chi connectivity index (χ1) is 14.1. The lowest BCUT2D eigenvalue weighted by atomic mass is 9.81. The summed E-state index contributed by atoms with van der Waals surface area (Å²) in [5, 5.41) is 5.75. The Balaban J connectivity index is 1.59. The van der Waals surface area contributed by atoms with Crippen LogP contribution in [0.2, 0.25) is 5.02 Å². The van der Waals surface area contributed by atoms with E-state index in [1.165, 1.54) is 0 Å². The summed E-state index contributed by atoms with van der Waals surface area (Å²) in [5.74, 6) is -0.564. The number of carbonyl (C=O) groups is 2. The van der Waals surface area contributed by atoms with Crippen LogP contribution in [0, 0.1) is 0 Å². The smallest absolute Gasteiger partial charge is 0.254 e. The molecule has 1 aliphatic heterocycles. The van der Waals surface area contributed by atoms with Gasteiger partial charge in [-0.3, -0.25) is 9.59 Å². The first-order valence-electron chi connectivity index (χ1n) is 9.48. The number of rotatable bonds is 5. The molecule has 29 heavy (non-hydrogen) atoms. The van der Waals surface area contributed by atoms with Crippen molar-refractivity contribution in [3.8, 4) is 0 Å². The molecule has 1 aromatic heterocycles. The van der Waals surface area contributed by atoms with Crippen LogP contribution in [0.1, 0.15) is 38.3 Å². The molecule has 3 aromatic rings. The van der Waals surface area contributed by atoms with Crippen LogP contribution < -0.4 is 5.32 Å². The maximum atomic E-state index is 13.3. The Morgan fingerprint density at radius 3 is 2.59 bits per heavy atom. The highest BCUT2D eigenvalue weighted by Crippen LogP contribution is 2.43. The topological polar surface area (TPSA) is 49.4 Å². The highest BCUT2D eigenvalue weighted by molar-refractivity contribution is 7.10. The maximum absolute atomic E-state index is 13.3. The van der Waals surface area contributed by atoms with E-state index in [4.69, 9.17) is 11.6 Å². The zero-order valence-corrected chi connectivity index (χ0v) is 17.5. The molecular formula is C23H21ClN2O2S. The molecule has 2 unspecified atom stereocenters. The molecule has 0 saturated carbocycles. The van der Waals surface area contributed by atoms with E-state index in [9.17, 15) is 9.59 Å². The lowest BCUT2D eigenvalue weighted by molar-refractivity contribution is -0.124. The number of benzene rings is 2. The Hall–Kier alpha value is -2.63. The Bertz CT molecular complexity index is 1020. The van der Waals surface area contributed by atoms with E-state index < -0.39 is 5.92 Å². The zero-order chi connectivity index (χ0) is 20.4. The van der Waals surface area contributed by atoms with E-state index in [1.54, 1.807) is 29.4 Å². The molecule has 0 saturated heterocycles. The average molecular weight is 425 g/mol. The van der Waals surface area contributed by atoms with Gasteiger partial charge in [-0.25, -0.2) is 0 Å². The second kappa shape index (κ2) is 8.39. The van der Waals surface area contributed by atoms with Crippen LogP contribution >= 0.6 is 22.9 Å². The van der Waals surface area contributed by atoms with Gasteiger partial charge < -0.3 is 10.2 Å².